The van der Waals surface area contributed by atoms with Crippen LogP contribution in [0.5, 0.6) is 6.01 Å². The van der Waals surface area contributed by atoms with E-state index in [0.717, 1.165) is 18.7 Å². The summed E-state index contributed by atoms with van der Waals surface area (Å²) in [7, 11) is 1.54. The Morgan fingerprint density at radius 2 is 1.80 bits per heavy atom. The molecule has 0 spiro atoms. The van der Waals surface area contributed by atoms with Gasteiger partial charge in [0.1, 0.15) is 0 Å². The van der Waals surface area contributed by atoms with E-state index in [1.165, 1.54) is 12.7 Å². The quantitative estimate of drug-likeness (QED) is 0.843. The maximum Gasteiger partial charge on any atom is 0.322 e. The minimum Gasteiger partial charge on any atom is -0.467 e. The molecule has 2 N–H and O–H groups in total. The minimum atomic E-state index is 0.285. The number of hydrogen-bond acceptors (Lipinski definition) is 6. The van der Waals surface area contributed by atoms with Gasteiger partial charge < -0.3 is 15.4 Å². The largest absolute Gasteiger partial charge is 0.467 e. The molecule has 0 amide bonds. The third kappa shape index (κ3) is 3.34. The Kier molecular flexibility index (Phi) is 4.70. The number of para-hydroxylation sites is 1. The zero-order valence-corrected chi connectivity index (χ0v) is 12.0. The number of nitrogens with zero attached hydrogens (tertiary/aromatic N) is 3. The van der Waals surface area contributed by atoms with Crippen LogP contribution in [0.15, 0.2) is 24.3 Å². The highest BCUT2D eigenvalue weighted by Gasteiger charge is 2.08. The van der Waals surface area contributed by atoms with Crippen LogP contribution in [0, 0.1) is 0 Å². The van der Waals surface area contributed by atoms with E-state index in [9.17, 15) is 0 Å². The summed E-state index contributed by atoms with van der Waals surface area (Å²) in [6, 6.07) is 8.36. The lowest BCUT2D eigenvalue weighted by atomic mass is 10.1. The first-order valence-electron chi connectivity index (χ1n) is 6.65. The summed E-state index contributed by atoms with van der Waals surface area (Å²) in [4.78, 5) is 12.7. The minimum absolute atomic E-state index is 0.285. The molecule has 0 aliphatic heterocycles. The van der Waals surface area contributed by atoms with Gasteiger partial charge in [-0.3, -0.25) is 0 Å². The number of ether oxygens (including phenoxy) is 1. The lowest BCUT2D eigenvalue weighted by Crippen LogP contribution is -2.08. The van der Waals surface area contributed by atoms with Crippen molar-refractivity contribution in [1.82, 2.24) is 15.0 Å². The van der Waals surface area contributed by atoms with E-state index < -0.39 is 0 Å². The van der Waals surface area contributed by atoms with Gasteiger partial charge >= 0.3 is 6.01 Å². The zero-order valence-electron chi connectivity index (χ0n) is 12.0. The Morgan fingerprint density at radius 3 is 2.50 bits per heavy atom. The number of aryl methyl sites for hydroxylation is 1. The molecule has 1 heterocycles. The lowest BCUT2D eigenvalue weighted by molar-refractivity contribution is 0.379. The van der Waals surface area contributed by atoms with Crippen molar-refractivity contribution in [3.8, 4) is 6.01 Å². The van der Waals surface area contributed by atoms with Crippen LogP contribution in [0.3, 0.4) is 0 Å². The van der Waals surface area contributed by atoms with Crippen LogP contribution in [0.25, 0.3) is 0 Å². The fraction of sp³-hybridized carbons (Fsp3) is 0.357. The number of rotatable bonds is 6. The molecule has 6 nitrogen and oxygen atoms in total. The first-order chi connectivity index (χ1) is 9.76. The number of benzene rings is 1. The van der Waals surface area contributed by atoms with Gasteiger partial charge in [-0.1, -0.05) is 25.1 Å². The number of aromatic nitrogens is 3. The molecule has 0 aliphatic carbocycles. The second-order valence-corrected chi connectivity index (χ2v) is 4.14. The van der Waals surface area contributed by atoms with Crippen molar-refractivity contribution in [2.45, 2.75) is 20.3 Å². The van der Waals surface area contributed by atoms with E-state index in [2.05, 4.69) is 38.6 Å². The Morgan fingerprint density at radius 1 is 1.05 bits per heavy atom. The summed E-state index contributed by atoms with van der Waals surface area (Å²) in [5, 5.41) is 6.27. The second-order valence-electron chi connectivity index (χ2n) is 4.14. The van der Waals surface area contributed by atoms with Crippen molar-refractivity contribution >= 4 is 17.6 Å². The van der Waals surface area contributed by atoms with Gasteiger partial charge in [-0.2, -0.15) is 15.0 Å². The molecule has 0 unspecified atom stereocenters. The van der Waals surface area contributed by atoms with Crippen LogP contribution >= 0.6 is 0 Å². The van der Waals surface area contributed by atoms with Crippen molar-refractivity contribution in [3.05, 3.63) is 29.8 Å². The molecule has 20 heavy (non-hydrogen) atoms. The monoisotopic (exact) mass is 273 g/mol. The van der Waals surface area contributed by atoms with E-state index in [4.69, 9.17) is 4.74 Å². The van der Waals surface area contributed by atoms with E-state index >= 15 is 0 Å². The molecule has 1 aromatic carbocycles. The SMILES string of the molecule is CCNc1nc(Nc2ccccc2CC)nc(OC)n1. The molecular weight excluding hydrogens is 254 g/mol. The highest BCUT2D eigenvalue weighted by Crippen LogP contribution is 2.20. The average Bonchev–Trinajstić information content (AvgIpc) is 2.48. The van der Waals surface area contributed by atoms with Crippen molar-refractivity contribution < 1.29 is 4.74 Å². The lowest BCUT2D eigenvalue weighted by Gasteiger charge is -2.11. The van der Waals surface area contributed by atoms with E-state index in [1.54, 1.807) is 0 Å². The highest BCUT2D eigenvalue weighted by molar-refractivity contribution is 5.59. The summed E-state index contributed by atoms with van der Waals surface area (Å²) < 4.78 is 5.09. The molecule has 0 saturated heterocycles. The number of anilines is 3. The molecule has 6 heteroatoms. The fourth-order valence-electron chi connectivity index (χ4n) is 1.81. The molecule has 106 valence electrons. The maximum atomic E-state index is 5.09. The molecule has 0 fully saturated rings. The van der Waals surface area contributed by atoms with Crippen LogP contribution in [-0.2, 0) is 6.42 Å². The predicted octanol–water partition coefficient (Wildman–Crippen LogP) is 2.62. The van der Waals surface area contributed by atoms with Gasteiger partial charge in [-0.15, -0.1) is 0 Å². The van der Waals surface area contributed by atoms with Gasteiger partial charge in [0.15, 0.2) is 0 Å². The highest BCUT2D eigenvalue weighted by atomic mass is 16.5. The molecule has 2 rings (SSSR count). The van der Waals surface area contributed by atoms with Gasteiger partial charge in [0.25, 0.3) is 0 Å². The third-order valence-electron chi connectivity index (χ3n) is 2.78. The molecule has 0 bridgehead atoms. The van der Waals surface area contributed by atoms with Gasteiger partial charge in [0, 0.05) is 12.2 Å². The summed E-state index contributed by atoms with van der Waals surface area (Å²) in [6.45, 7) is 4.83. The van der Waals surface area contributed by atoms with Gasteiger partial charge in [0.05, 0.1) is 7.11 Å². The first kappa shape index (κ1) is 14.0. The predicted molar refractivity (Wildman–Crippen MR) is 79.6 cm³/mol. The van der Waals surface area contributed by atoms with Crippen molar-refractivity contribution in [3.63, 3.8) is 0 Å². The van der Waals surface area contributed by atoms with Crippen molar-refractivity contribution in [2.24, 2.45) is 0 Å². The second kappa shape index (κ2) is 6.70. The van der Waals surface area contributed by atoms with E-state index in [-0.39, 0.29) is 6.01 Å². The topological polar surface area (TPSA) is 72.0 Å². The van der Waals surface area contributed by atoms with Gasteiger partial charge in [0.2, 0.25) is 11.9 Å². The van der Waals surface area contributed by atoms with E-state index in [1.807, 2.05) is 25.1 Å². The number of methoxy groups -OCH3 is 1. The van der Waals surface area contributed by atoms with Crippen molar-refractivity contribution in [1.29, 1.82) is 0 Å². The molecule has 0 atom stereocenters. The fourth-order valence-corrected chi connectivity index (χ4v) is 1.81. The van der Waals surface area contributed by atoms with Crippen LogP contribution in [-0.4, -0.2) is 28.6 Å². The Bertz CT molecular complexity index is 573. The maximum absolute atomic E-state index is 5.09. The Balaban J connectivity index is 2.30. The summed E-state index contributed by atoms with van der Waals surface area (Å²) in [5.41, 5.74) is 2.20. The number of nitrogens with one attached hydrogen (secondary N) is 2. The van der Waals surface area contributed by atoms with Gasteiger partial charge in [-0.25, -0.2) is 0 Å². The third-order valence-corrected chi connectivity index (χ3v) is 2.78. The first-order valence-corrected chi connectivity index (χ1v) is 6.65. The standard InChI is InChI=1S/C14H19N5O/c1-4-10-8-6-7-9-11(10)16-13-17-12(15-5-2)18-14(19-13)20-3/h6-9H,4-5H2,1-3H3,(H2,15,16,17,18,19). The zero-order chi connectivity index (χ0) is 14.4. The Hall–Kier alpha value is -2.37. The number of hydrogen-bond donors (Lipinski definition) is 2. The molecule has 1 aromatic heterocycles. The van der Waals surface area contributed by atoms with Crippen LogP contribution in [0.2, 0.25) is 0 Å². The Labute approximate surface area is 118 Å². The van der Waals surface area contributed by atoms with Gasteiger partial charge in [-0.05, 0) is 25.0 Å². The summed E-state index contributed by atoms with van der Waals surface area (Å²) in [5.74, 6) is 0.963. The smallest absolute Gasteiger partial charge is 0.322 e. The normalized spacial score (nSPS) is 10.2. The molecule has 2 aromatic rings. The van der Waals surface area contributed by atoms with E-state index in [0.29, 0.717) is 11.9 Å². The summed E-state index contributed by atoms with van der Waals surface area (Å²) in [6.07, 6.45) is 0.936. The van der Waals surface area contributed by atoms with Crippen LogP contribution in [0.4, 0.5) is 17.6 Å². The van der Waals surface area contributed by atoms with Crippen LogP contribution in [0.1, 0.15) is 19.4 Å². The molecular formula is C14H19N5O. The summed E-state index contributed by atoms with van der Waals surface area (Å²) >= 11 is 0. The molecule has 0 aliphatic rings. The van der Waals surface area contributed by atoms with Crippen LogP contribution < -0.4 is 15.4 Å². The average molecular weight is 273 g/mol. The van der Waals surface area contributed by atoms with Crippen molar-refractivity contribution in [2.75, 3.05) is 24.3 Å². The molecule has 0 saturated carbocycles. The molecule has 0 radical (unpaired) electrons.